The fraction of sp³-hybridized carbons (Fsp3) is 0.476. The molecule has 1 N–H and O–H groups in total. The molecule has 1 aliphatic carbocycles. The van der Waals surface area contributed by atoms with Crippen molar-refractivity contribution >= 4 is 27.1 Å². The lowest BCUT2D eigenvalue weighted by molar-refractivity contribution is 0.0967. The van der Waals surface area contributed by atoms with Crippen LogP contribution in [0.3, 0.4) is 0 Å². The van der Waals surface area contributed by atoms with E-state index in [-0.39, 0.29) is 17.9 Å². The molecule has 1 atom stereocenters. The number of ether oxygens (including phenoxy) is 1. The van der Waals surface area contributed by atoms with Crippen molar-refractivity contribution in [1.29, 1.82) is 0 Å². The molecule has 2 heterocycles. The first-order valence-electron chi connectivity index (χ1n) is 10.1. The van der Waals surface area contributed by atoms with Crippen molar-refractivity contribution in [3.63, 3.8) is 0 Å². The van der Waals surface area contributed by atoms with Crippen molar-refractivity contribution in [1.82, 2.24) is 9.62 Å². The van der Waals surface area contributed by atoms with E-state index in [1.165, 1.54) is 11.3 Å². The Morgan fingerprint density at radius 3 is 2.66 bits per heavy atom. The summed E-state index contributed by atoms with van der Waals surface area (Å²) in [6.45, 7) is 2.21. The fourth-order valence-corrected chi connectivity index (χ4v) is 5.90. The van der Waals surface area contributed by atoms with E-state index in [1.54, 1.807) is 17.5 Å². The van der Waals surface area contributed by atoms with Crippen molar-refractivity contribution in [2.75, 3.05) is 19.7 Å². The van der Waals surface area contributed by atoms with Gasteiger partial charge in [0, 0.05) is 18.0 Å². The number of thiophene rings is 1. The van der Waals surface area contributed by atoms with Crippen LogP contribution in [0.1, 0.15) is 42.5 Å². The van der Waals surface area contributed by atoms with Gasteiger partial charge in [0.25, 0.3) is 10.0 Å². The van der Waals surface area contributed by atoms with Crippen molar-refractivity contribution in [2.45, 2.75) is 42.5 Å². The van der Waals surface area contributed by atoms with Gasteiger partial charge in [-0.1, -0.05) is 6.07 Å². The summed E-state index contributed by atoms with van der Waals surface area (Å²) in [5.74, 6) is 1.22. The Bertz CT molecular complexity index is 922. The Morgan fingerprint density at radius 1 is 1.17 bits per heavy atom. The maximum absolute atomic E-state index is 12.5. The van der Waals surface area contributed by atoms with Crippen molar-refractivity contribution in [2.24, 2.45) is 5.92 Å². The molecule has 2 aromatic rings. The summed E-state index contributed by atoms with van der Waals surface area (Å²) < 4.78 is 33.9. The number of nitrogens with one attached hydrogen (secondary N) is 1. The lowest BCUT2D eigenvalue weighted by Gasteiger charge is -2.24. The van der Waals surface area contributed by atoms with Crippen molar-refractivity contribution in [3.8, 4) is 5.75 Å². The molecule has 1 aromatic carbocycles. The highest BCUT2D eigenvalue weighted by atomic mass is 32.2. The molecule has 0 amide bonds. The number of likely N-dealkylation sites (tertiary alicyclic amines) is 1. The molecule has 4 rings (SSSR count). The van der Waals surface area contributed by atoms with Gasteiger partial charge < -0.3 is 4.74 Å². The molecule has 1 saturated carbocycles. The molecule has 8 heteroatoms. The zero-order valence-electron chi connectivity index (χ0n) is 16.2. The molecule has 1 unspecified atom stereocenters. The van der Waals surface area contributed by atoms with E-state index in [0.717, 1.165) is 56.5 Å². The van der Waals surface area contributed by atoms with Gasteiger partial charge in [0.15, 0.2) is 5.78 Å². The SMILES string of the molecule is O=C(c1ccc(OCCCN2CCCC2NS(=O)(=O)c2cccs2)cc1)C1CC1. The first kappa shape index (κ1) is 20.5. The average molecular weight is 435 g/mol. The zero-order valence-corrected chi connectivity index (χ0v) is 17.9. The molecule has 2 fully saturated rings. The Hall–Kier alpha value is -1.74. The van der Waals surface area contributed by atoms with E-state index < -0.39 is 10.0 Å². The van der Waals surface area contributed by atoms with Crippen LogP contribution in [0.4, 0.5) is 0 Å². The number of rotatable bonds is 10. The van der Waals surface area contributed by atoms with Gasteiger partial charge in [-0.15, -0.1) is 11.3 Å². The molecular weight excluding hydrogens is 408 g/mol. The van der Waals surface area contributed by atoms with Crippen LogP contribution in [0.15, 0.2) is 46.0 Å². The molecule has 0 bridgehead atoms. The van der Waals surface area contributed by atoms with Crippen LogP contribution in [0, 0.1) is 5.92 Å². The predicted molar refractivity (Wildman–Crippen MR) is 113 cm³/mol. The number of hydrogen-bond acceptors (Lipinski definition) is 6. The Balaban J connectivity index is 1.22. The number of sulfonamides is 1. The van der Waals surface area contributed by atoms with Crippen molar-refractivity contribution < 1.29 is 17.9 Å². The van der Waals surface area contributed by atoms with E-state index in [4.69, 9.17) is 4.74 Å². The van der Waals surface area contributed by atoms with Gasteiger partial charge >= 0.3 is 0 Å². The van der Waals surface area contributed by atoms with Gasteiger partial charge in [0.1, 0.15) is 9.96 Å². The van der Waals surface area contributed by atoms with E-state index >= 15 is 0 Å². The summed E-state index contributed by atoms with van der Waals surface area (Å²) in [6.07, 6.45) is 4.47. The zero-order chi connectivity index (χ0) is 20.3. The maximum atomic E-state index is 12.5. The largest absolute Gasteiger partial charge is 0.494 e. The number of Topliss-reactive ketones (excluding diaryl/α,β-unsaturated/α-hetero) is 1. The Kier molecular flexibility index (Phi) is 6.34. The average Bonchev–Trinajstić information content (AvgIpc) is 3.22. The third kappa shape index (κ3) is 5.25. The van der Waals surface area contributed by atoms with E-state index in [9.17, 15) is 13.2 Å². The minimum atomic E-state index is -3.45. The van der Waals surface area contributed by atoms with Crippen LogP contribution in [-0.4, -0.2) is 45.0 Å². The number of carbonyl (C=O) groups is 1. The second-order valence-corrected chi connectivity index (χ2v) is 10.5. The second-order valence-electron chi connectivity index (χ2n) is 7.61. The number of ketones is 1. The summed E-state index contributed by atoms with van der Waals surface area (Å²) in [7, 11) is -3.45. The van der Waals surface area contributed by atoms with E-state index in [0.29, 0.717) is 10.8 Å². The van der Waals surface area contributed by atoms with Crippen LogP contribution in [0.25, 0.3) is 0 Å². The van der Waals surface area contributed by atoms with Crippen LogP contribution in [0.2, 0.25) is 0 Å². The molecule has 156 valence electrons. The summed E-state index contributed by atoms with van der Waals surface area (Å²) in [6, 6.07) is 10.8. The molecule has 0 radical (unpaired) electrons. The normalized spacial score (nSPS) is 20.1. The molecule has 2 aliphatic rings. The number of carbonyl (C=O) groups excluding carboxylic acids is 1. The smallest absolute Gasteiger partial charge is 0.251 e. The van der Waals surface area contributed by atoms with Crippen LogP contribution in [0.5, 0.6) is 5.75 Å². The monoisotopic (exact) mass is 434 g/mol. The molecule has 6 nitrogen and oxygen atoms in total. The van der Waals surface area contributed by atoms with Crippen LogP contribution >= 0.6 is 11.3 Å². The highest BCUT2D eigenvalue weighted by molar-refractivity contribution is 7.91. The summed E-state index contributed by atoms with van der Waals surface area (Å²) in [5.41, 5.74) is 0.762. The standard InChI is InChI=1S/C21H26N2O4S2/c24-21(16-6-7-16)17-8-10-18(11-9-17)27-14-3-13-23-12-1-4-19(23)22-29(25,26)20-5-2-15-28-20/h2,5,8-11,15-16,19,22H,1,3-4,6-7,12-14H2. The second kappa shape index (κ2) is 8.95. The molecule has 1 aliphatic heterocycles. The van der Waals surface area contributed by atoms with Crippen LogP contribution in [-0.2, 0) is 10.0 Å². The quantitative estimate of drug-likeness (QED) is 0.457. The molecule has 1 aromatic heterocycles. The van der Waals surface area contributed by atoms with Crippen LogP contribution < -0.4 is 9.46 Å². The highest BCUT2D eigenvalue weighted by Crippen LogP contribution is 2.32. The molecule has 0 spiro atoms. The number of hydrogen-bond donors (Lipinski definition) is 1. The van der Waals surface area contributed by atoms with Gasteiger partial charge in [0.2, 0.25) is 0 Å². The lowest BCUT2D eigenvalue weighted by atomic mass is 10.1. The first-order chi connectivity index (χ1) is 14.0. The van der Waals surface area contributed by atoms with E-state index in [1.807, 2.05) is 24.3 Å². The van der Waals surface area contributed by atoms with Gasteiger partial charge in [0.05, 0.1) is 12.8 Å². The van der Waals surface area contributed by atoms with E-state index in [2.05, 4.69) is 9.62 Å². The third-order valence-electron chi connectivity index (χ3n) is 5.36. The number of benzene rings is 1. The Labute approximate surface area is 175 Å². The highest BCUT2D eigenvalue weighted by Gasteiger charge is 2.30. The molecule has 29 heavy (non-hydrogen) atoms. The van der Waals surface area contributed by atoms with Gasteiger partial charge in [-0.05, 0) is 74.4 Å². The third-order valence-corrected chi connectivity index (χ3v) is 8.22. The molecule has 1 saturated heterocycles. The number of nitrogens with zero attached hydrogens (tertiary/aromatic N) is 1. The Morgan fingerprint density at radius 2 is 1.97 bits per heavy atom. The first-order valence-corrected chi connectivity index (χ1v) is 12.5. The summed E-state index contributed by atoms with van der Waals surface area (Å²) in [4.78, 5) is 14.2. The van der Waals surface area contributed by atoms with Gasteiger partial charge in [-0.2, -0.15) is 4.72 Å². The fourth-order valence-electron chi connectivity index (χ4n) is 3.64. The summed E-state index contributed by atoms with van der Waals surface area (Å²) in [5, 5.41) is 1.77. The van der Waals surface area contributed by atoms with Gasteiger partial charge in [-0.3, -0.25) is 9.69 Å². The minimum Gasteiger partial charge on any atom is -0.494 e. The minimum absolute atomic E-state index is 0.158. The summed E-state index contributed by atoms with van der Waals surface area (Å²) >= 11 is 1.23. The maximum Gasteiger partial charge on any atom is 0.251 e. The predicted octanol–water partition coefficient (Wildman–Crippen LogP) is 3.51. The lowest BCUT2D eigenvalue weighted by Crippen LogP contribution is -2.44. The molecular formula is C21H26N2O4S2. The van der Waals surface area contributed by atoms with Gasteiger partial charge in [-0.25, -0.2) is 8.42 Å². The van der Waals surface area contributed by atoms with Crippen molar-refractivity contribution in [3.05, 3.63) is 47.3 Å². The topological polar surface area (TPSA) is 75.7 Å².